The Morgan fingerprint density at radius 2 is 1.83 bits per heavy atom. The Labute approximate surface area is 182 Å². The van der Waals surface area contributed by atoms with Crippen LogP contribution in [0, 0.1) is 12.8 Å². The fraction of sp³-hybridized carbons (Fsp3) is 0.520. The van der Waals surface area contributed by atoms with E-state index in [0.29, 0.717) is 0 Å². The van der Waals surface area contributed by atoms with Gasteiger partial charge in [-0.1, -0.05) is 37.1 Å². The molecule has 0 N–H and O–H groups in total. The standard InChI is InChI=1S/C25H30N2O2S/c1-17-6-2-5-9-20(17)24-21-13-15-30-22(21)12-14-26(24)23(28)16-27(19-10-11-19)25(29)18-7-3-4-8-18/h2,5-6,9,13,15,18-19,24H,3-4,7-8,10-12,14,16H2,1H3. The zero-order chi connectivity index (χ0) is 20.7. The number of rotatable bonds is 5. The predicted molar refractivity (Wildman–Crippen MR) is 119 cm³/mol. The first kappa shape index (κ1) is 19.8. The number of hydrogen-bond donors (Lipinski definition) is 0. The van der Waals surface area contributed by atoms with E-state index >= 15 is 0 Å². The maximum absolute atomic E-state index is 13.6. The van der Waals surface area contributed by atoms with Gasteiger partial charge >= 0.3 is 0 Å². The van der Waals surface area contributed by atoms with Crippen molar-refractivity contribution in [1.29, 1.82) is 0 Å². The normalized spacial score (nSPS) is 21.5. The highest BCUT2D eigenvalue weighted by Gasteiger charge is 2.40. The van der Waals surface area contributed by atoms with E-state index < -0.39 is 0 Å². The number of thiophene rings is 1. The minimum Gasteiger partial charge on any atom is -0.330 e. The molecule has 0 bridgehead atoms. The lowest BCUT2D eigenvalue weighted by Crippen LogP contribution is -2.48. The second kappa shape index (κ2) is 8.18. The number of carbonyl (C=O) groups is 2. The van der Waals surface area contributed by atoms with Gasteiger partial charge in [-0.3, -0.25) is 9.59 Å². The van der Waals surface area contributed by atoms with E-state index in [9.17, 15) is 9.59 Å². The highest BCUT2D eigenvalue weighted by molar-refractivity contribution is 7.10. The van der Waals surface area contributed by atoms with Crippen molar-refractivity contribution in [1.82, 2.24) is 9.80 Å². The van der Waals surface area contributed by atoms with Gasteiger partial charge in [-0.15, -0.1) is 11.3 Å². The van der Waals surface area contributed by atoms with E-state index in [0.717, 1.165) is 51.5 Å². The summed E-state index contributed by atoms with van der Waals surface area (Å²) in [6, 6.07) is 10.8. The van der Waals surface area contributed by atoms with E-state index in [1.54, 1.807) is 11.3 Å². The van der Waals surface area contributed by atoms with Crippen molar-refractivity contribution < 1.29 is 9.59 Å². The molecule has 0 radical (unpaired) electrons. The van der Waals surface area contributed by atoms with Crippen molar-refractivity contribution in [2.75, 3.05) is 13.1 Å². The molecule has 1 aliphatic heterocycles. The van der Waals surface area contributed by atoms with Crippen LogP contribution in [0.4, 0.5) is 0 Å². The molecule has 1 aromatic carbocycles. The lowest BCUT2D eigenvalue weighted by atomic mass is 9.90. The summed E-state index contributed by atoms with van der Waals surface area (Å²) in [5.74, 6) is 0.456. The van der Waals surface area contributed by atoms with Gasteiger partial charge in [-0.25, -0.2) is 0 Å². The van der Waals surface area contributed by atoms with Crippen LogP contribution in [-0.4, -0.2) is 40.7 Å². The number of nitrogens with zero attached hydrogens (tertiary/aromatic N) is 2. The Morgan fingerprint density at radius 3 is 2.57 bits per heavy atom. The van der Waals surface area contributed by atoms with Crippen LogP contribution in [0.1, 0.15) is 66.1 Å². The van der Waals surface area contributed by atoms with Crippen molar-refractivity contribution in [2.24, 2.45) is 5.92 Å². The molecular weight excluding hydrogens is 392 g/mol. The highest BCUT2D eigenvalue weighted by Crippen LogP contribution is 2.39. The predicted octanol–water partition coefficient (Wildman–Crippen LogP) is 4.71. The molecule has 5 heteroatoms. The van der Waals surface area contributed by atoms with E-state index in [-0.39, 0.29) is 36.4 Å². The third kappa shape index (κ3) is 3.68. The summed E-state index contributed by atoms with van der Waals surface area (Å²) in [5, 5.41) is 2.14. The Hall–Kier alpha value is -2.14. The van der Waals surface area contributed by atoms with Crippen molar-refractivity contribution in [3.05, 3.63) is 57.3 Å². The topological polar surface area (TPSA) is 40.6 Å². The third-order valence-electron chi connectivity index (χ3n) is 7.05. The van der Waals surface area contributed by atoms with Gasteiger partial charge in [-0.2, -0.15) is 0 Å². The zero-order valence-electron chi connectivity index (χ0n) is 17.7. The van der Waals surface area contributed by atoms with Crippen LogP contribution >= 0.6 is 11.3 Å². The first-order valence-corrected chi connectivity index (χ1v) is 12.2. The fourth-order valence-electron chi connectivity index (χ4n) is 5.23. The molecule has 1 unspecified atom stereocenters. The van der Waals surface area contributed by atoms with Crippen LogP contribution < -0.4 is 0 Å². The molecule has 1 atom stereocenters. The van der Waals surface area contributed by atoms with Gasteiger partial charge in [0.15, 0.2) is 0 Å². The van der Waals surface area contributed by atoms with Gasteiger partial charge < -0.3 is 9.80 Å². The molecule has 2 fully saturated rings. The quantitative estimate of drug-likeness (QED) is 0.700. The monoisotopic (exact) mass is 422 g/mol. The van der Waals surface area contributed by atoms with Crippen LogP contribution in [0.3, 0.4) is 0 Å². The van der Waals surface area contributed by atoms with Crippen LogP contribution in [-0.2, 0) is 16.0 Å². The Morgan fingerprint density at radius 1 is 1.07 bits per heavy atom. The molecule has 30 heavy (non-hydrogen) atoms. The zero-order valence-corrected chi connectivity index (χ0v) is 18.5. The summed E-state index contributed by atoms with van der Waals surface area (Å²) in [7, 11) is 0. The van der Waals surface area contributed by atoms with E-state index in [4.69, 9.17) is 0 Å². The molecule has 3 aliphatic rings. The van der Waals surface area contributed by atoms with Crippen molar-refractivity contribution in [3.8, 4) is 0 Å². The number of hydrogen-bond acceptors (Lipinski definition) is 3. The van der Waals surface area contributed by atoms with Crippen molar-refractivity contribution in [3.63, 3.8) is 0 Å². The summed E-state index contributed by atoms with van der Waals surface area (Å²) < 4.78 is 0. The minimum atomic E-state index is -0.0451. The molecular formula is C25H30N2O2S. The second-order valence-corrected chi connectivity index (χ2v) is 10.1. The average Bonchev–Trinajstić information content (AvgIpc) is 3.24. The summed E-state index contributed by atoms with van der Waals surface area (Å²) in [6.07, 6.45) is 7.26. The van der Waals surface area contributed by atoms with Gasteiger partial charge in [0.25, 0.3) is 0 Å². The molecule has 158 valence electrons. The molecule has 0 spiro atoms. The van der Waals surface area contributed by atoms with Crippen molar-refractivity contribution in [2.45, 2.75) is 64.0 Å². The number of aryl methyl sites for hydroxylation is 1. The first-order chi connectivity index (χ1) is 14.6. The first-order valence-electron chi connectivity index (χ1n) is 11.3. The largest absolute Gasteiger partial charge is 0.330 e. The molecule has 2 aromatic rings. The number of fused-ring (bicyclic) bond motifs is 1. The number of benzene rings is 1. The molecule has 2 amide bonds. The Kier molecular flexibility index (Phi) is 5.40. The van der Waals surface area contributed by atoms with Gasteiger partial charge in [0, 0.05) is 23.4 Å². The Bertz CT molecular complexity index is 942. The maximum atomic E-state index is 13.6. The highest BCUT2D eigenvalue weighted by atomic mass is 32.1. The summed E-state index contributed by atoms with van der Waals surface area (Å²) in [4.78, 5) is 32.1. The van der Waals surface area contributed by atoms with Crippen LogP contribution in [0.2, 0.25) is 0 Å². The minimum absolute atomic E-state index is 0.0451. The molecule has 2 aliphatic carbocycles. The molecule has 1 aromatic heterocycles. The number of amides is 2. The number of carbonyl (C=O) groups excluding carboxylic acids is 2. The van der Waals surface area contributed by atoms with E-state index in [1.165, 1.54) is 21.6 Å². The van der Waals surface area contributed by atoms with Crippen LogP contribution in [0.5, 0.6) is 0 Å². The van der Waals surface area contributed by atoms with E-state index in [2.05, 4.69) is 42.6 Å². The maximum Gasteiger partial charge on any atom is 0.243 e. The Balaban J connectivity index is 1.42. The average molecular weight is 423 g/mol. The van der Waals surface area contributed by atoms with Gasteiger partial charge in [0.2, 0.25) is 11.8 Å². The van der Waals surface area contributed by atoms with Gasteiger partial charge in [-0.05, 0) is 67.2 Å². The summed E-state index contributed by atoms with van der Waals surface area (Å²) in [5.41, 5.74) is 3.67. The SMILES string of the molecule is Cc1ccccc1C1c2ccsc2CCN1C(=O)CN(C(=O)C1CCCC1)C1CC1. The van der Waals surface area contributed by atoms with Crippen LogP contribution in [0.15, 0.2) is 35.7 Å². The summed E-state index contributed by atoms with van der Waals surface area (Å²) in [6.45, 7) is 3.09. The van der Waals surface area contributed by atoms with Gasteiger partial charge in [0.05, 0.1) is 6.04 Å². The lowest BCUT2D eigenvalue weighted by Gasteiger charge is -2.38. The fourth-order valence-corrected chi connectivity index (χ4v) is 6.13. The molecule has 2 saturated carbocycles. The smallest absolute Gasteiger partial charge is 0.243 e. The third-order valence-corrected chi connectivity index (χ3v) is 8.05. The molecule has 0 saturated heterocycles. The molecule has 5 rings (SSSR count). The van der Waals surface area contributed by atoms with Crippen molar-refractivity contribution >= 4 is 23.2 Å². The van der Waals surface area contributed by atoms with E-state index in [1.807, 2.05) is 9.80 Å². The van der Waals surface area contributed by atoms with Gasteiger partial charge in [0.1, 0.15) is 6.54 Å². The molecule has 4 nitrogen and oxygen atoms in total. The second-order valence-electron chi connectivity index (χ2n) is 9.07. The molecule has 2 heterocycles. The lowest BCUT2D eigenvalue weighted by molar-refractivity contribution is -0.144. The van der Waals surface area contributed by atoms with Crippen LogP contribution in [0.25, 0.3) is 0 Å². The summed E-state index contributed by atoms with van der Waals surface area (Å²) >= 11 is 1.79.